The number of benzene rings is 2. The van der Waals surface area contributed by atoms with Gasteiger partial charge in [-0.2, -0.15) is 4.98 Å². The minimum Gasteiger partial charge on any atom is -0.324 e. The monoisotopic (exact) mass is 506 g/mol. The fraction of sp³-hybridized carbons (Fsp3) is 0.0690. The van der Waals surface area contributed by atoms with Crippen LogP contribution >= 0.6 is 0 Å². The van der Waals surface area contributed by atoms with Crippen molar-refractivity contribution in [3.8, 4) is 5.69 Å². The molecule has 188 valence electrons. The molecule has 0 fully saturated rings. The normalized spacial score (nSPS) is 10.8. The van der Waals surface area contributed by atoms with Gasteiger partial charge in [-0.1, -0.05) is 18.7 Å². The van der Waals surface area contributed by atoms with E-state index >= 15 is 0 Å². The molecule has 9 heteroatoms. The summed E-state index contributed by atoms with van der Waals surface area (Å²) in [6, 6.07) is 18.8. The van der Waals surface area contributed by atoms with E-state index in [1.165, 1.54) is 16.7 Å². The molecular weight excluding hydrogens is 483 g/mol. The van der Waals surface area contributed by atoms with Crippen LogP contribution < -0.4 is 16.2 Å². The molecule has 0 aliphatic carbocycles. The number of pyridine rings is 2. The number of nitrogens with one attached hydrogen (secondary N) is 2. The summed E-state index contributed by atoms with van der Waals surface area (Å²) in [4.78, 5) is 39.1. The van der Waals surface area contributed by atoms with Crippen LogP contribution in [0.2, 0.25) is 0 Å². The van der Waals surface area contributed by atoms with E-state index in [9.17, 15) is 14.0 Å². The van der Waals surface area contributed by atoms with Crippen molar-refractivity contribution < 1.29 is 9.18 Å². The van der Waals surface area contributed by atoms with E-state index in [2.05, 4.69) is 32.2 Å². The number of anilines is 3. The number of hydrogen-bond donors (Lipinski definition) is 2. The molecule has 5 aromatic rings. The summed E-state index contributed by atoms with van der Waals surface area (Å²) in [5, 5.41) is 6.43. The smallest absolute Gasteiger partial charge is 0.260 e. The second-order valence-corrected chi connectivity index (χ2v) is 8.61. The highest BCUT2D eigenvalue weighted by Crippen LogP contribution is 2.23. The van der Waals surface area contributed by atoms with Crippen molar-refractivity contribution in [1.29, 1.82) is 0 Å². The Morgan fingerprint density at radius 3 is 2.68 bits per heavy atom. The Bertz CT molecular complexity index is 1730. The number of carbonyl (C=O) groups is 1. The molecule has 0 aliphatic rings. The van der Waals surface area contributed by atoms with Crippen molar-refractivity contribution in [3.63, 3.8) is 0 Å². The van der Waals surface area contributed by atoms with Crippen molar-refractivity contribution in [3.05, 3.63) is 125 Å². The van der Waals surface area contributed by atoms with Gasteiger partial charge in [0.25, 0.3) is 5.56 Å². The van der Waals surface area contributed by atoms with Gasteiger partial charge in [0.1, 0.15) is 5.82 Å². The van der Waals surface area contributed by atoms with Crippen molar-refractivity contribution in [1.82, 2.24) is 19.5 Å². The highest BCUT2D eigenvalue weighted by Gasteiger charge is 2.15. The van der Waals surface area contributed by atoms with Crippen molar-refractivity contribution >= 4 is 34.3 Å². The topological polar surface area (TPSA) is 102 Å². The van der Waals surface area contributed by atoms with Gasteiger partial charge in [-0.15, -0.1) is 0 Å². The SMILES string of the molecule is C=CC(=O)Nc1cccc(-n2c(=O)c(Cc3ccccn3)cc3cnc(Nc4ccc(F)c(C)c4)nc32)c1. The van der Waals surface area contributed by atoms with Crippen LogP contribution in [0.25, 0.3) is 16.7 Å². The zero-order chi connectivity index (χ0) is 26.6. The summed E-state index contributed by atoms with van der Waals surface area (Å²) in [6.45, 7) is 5.15. The molecule has 3 aromatic heterocycles. The van der Waals surface area contributed by atoms with Crippen LogP contribution in [0.4, 0.5) is 21.7 Å². The molecule has 0 saturated heterocycles. The van der Waals surface area contributed by atoms with Crippen LogP contribution in [0.1, 0.15) is 16.8 Å². The number of carbonyl (C=O) groups excluding carboxylic acids is 1. The van der Waals surface area contributed by atoms with Crippen molar-refractivity contribution in [2.24, 2.45) is 0 Å². The number of halogens is 1. The van der Waals surface area contributed by atoms with E-state index in [0.717, 1.165) is 5.69 Å². The Hall–Kier alpha value is -5.18. The summed E-state index contributed by atoms with van der Waals surface area (Å²) in [7, 11) is 0. The number of hydrogen-bond acceptors (Lipinski definition) is 6. The first-order valence-electron chi connectivity index (χ1n) is 11.8. The zero-order valence-corrected chi connectivity index (χ0v) is 20.5. The Morgan fingerprint density at radius 2 is 1.92 bits per heavy atom. The molecule has 0 atom stereocenters. The molecule has 3 heterocycles. The first-order chi connectivity index (χ1) is 18.4. The number of fused-ring (bicyclic) bond motifs is 1. The van der Waals surface area contributed by atoms with E-state index in [-0.39, 0.29) is 23.2 Å². The van der Waals surface area contributed by atoms with Crippen LogP contribution in [-0.4, -0.2) is 25.4 Å². The predicted molar refractivity (Wildman–Crippen MR) is 145 cm³/mol. The largest absolute Gasteiger partial charge is 0.324 e. The van der Waals surface area contributed by atoms with Crippen LogP contribution in [0.15, 0.2) is 96.6 Å². The Labute approximate surface area is 217 Å². The Balaban J connectivity index is 1.66. The van der Waals surface area contributed by atoms with E-state index in [1.807, 2.05) is 18.2 Å². The van der Waals surface area contributed by atoms with E-state index in [0.29, 0.717) is 45.6 Å². The van der Waals surface area contributed by atoms with Crippen molar-refractivity contribution in [2.45, 2.75) is 13.3 Å². The van der Waals surface area contributed by atoms with Gasteiger partial charge >= 0.3 is 0 Å². The van der Waals surface area contributed by atoms with E-state index in [1.54, 1.807) is 61.8 Å². The van der Waals surface area contributed by atoms with Gasteiger partial charge in [0.15, 0.2) is 5.65 Å². The third-order valence-corrected chi connectivity index (χ3v) is 5.88. The molecule has 0 bridgehead atoms. The Morgan fingerprint density at radius 1 is 1.05 bits per heavy atom. The lowest BCUT2D eigenvalue weighted by Crippen LogP contribution is -2.24. The molecule has 38 heavy (non-hydrogen) atoms. The molecule has 0 saturated carbocycles. The van der Waals surface area contributed by atoms with E-state index in [4.69, 9.17) is 0 Å². The fourth-order valence-corrected chi connectivity index (χ4v) is 4.04. The van der Waals surface area contributed by atoms with Gasteiger partial charge in [-0.05, 0) is 73.2 Å². The van der Waals surface area contributed by atoms with Crippen LogP contribution in [0.3, 0.4) is 0 Å². The maximum absolute atomic E-state index is 13.8. The quantitative estimate of drug-likeness (QED) is 0.299. The predicted octanol–water partition coefficient (Wildman–Crippen LogP) is 5.08. The van der Waals surface area contributed by atoms with Crippen LogP contribution in [0.5, 0.6) is 0 Å². The van der Waals surface area contributed by atoms with E-state index < -0.39 is 0 Å². The fourth-order valence-electron chi connectivity index (χ4n) is 4.04. The lowest BCUT2D eigenvalue weighted by Gasteiger charge is -2.15. The molecule has 0 unspecified atom stereocenters. The third kappa shape index (κ3) is 5.17. The van der Waals surface area contributed by atoms with Gasteiger partial charge in [0.2, 0.25) is 11.9 Å². The lowest BCUT2D eigenvalue weighted by atomic mass is 10.1. The minimum absolute atomic E-state index is 0.241. The highest BCUT2D eigenvalue weighted by molar-refractivity contribution is 5.99. The summed E-state index contributed by atoms with van der Waals surface area (Å²) in [5.74, 6) is -0.440. The standard InChI is InChI=1S/C29H23FN6O2/c1-3-26(37)33-22-8-6-9-24(16-22)36-27-20(14-19(28(36)38)15-21-7-4-5-12-31-21)17-32-29(35-27)34-23-10-11-25(30)18(2)13-23/h3-14,16-17H,1,15H2,2H3,(H,33,37)(H,32,34,35). The van der Waals surface area contributed by atoms with Gasteiger partial charge in [0.05, 0.1) is 5.69 Å². The molecule has 5 rings (SSSR count). The molecule has 2 N–H and O–H groups in total. The number of rotatable bonds is 7. The maximum Gasteiger partial charge on any atom is 0.260 e. The van der Waals surface area contributed by atoms with Gasteiger partial charge in [-0.3, -0.25) is 19.1 Å². The van der Waals surface area contributed by atoms with Gasteiger partial charge < -0.3 is 10.6 Å². The summed E-state index contributed by atoms with van der Waals surface area (Å²) >= 11 is 0. The second kappa shape index (κ2) is 10.4. The number of nitrogens with zero attached hydrogens (tertiary/aromatic N) is 4. The second-order valence-electron chi connectivity index (χ2n) is 8.61. The third-order valence-electron chi connectivity index (χ3n) is 5.88. The maximum atomic E-state index is 13.8. The first kappa shape index (κ1) is 24.5. The van der Waals surface area contributed by atoms with Crippen LogP contribution in [0, 0.1) is 12.7 Å². The molecular formula is C29H23FN6O2. The van der Waals surface area contributed by atoms with Gasteiger partial charge in [-0.25, -0.2) is 9.37 Å². The lowest BCUT2D eigenvalue weighted by molar-refractivity contribution is -0.111. The summed E-state index contributed by atoms with van der Waals surface area (Å²) in [5.41, 5.74) is 3.43. The number of amides is 1. The average molecular weight is 507 g/mol. The average Bonchev–Trinajstić information content (AvgIpc) is 2.92. The summed E-state index contributed by atoms with van der Waals surface area (Å²) < 4.78 is 15.2. The van der Waals surface area contributed by atoms with Gasteiger partial charge in [0, 0.05) is 46.8 Å². The molecule has 1 amide bonds. The van der Waals surface area contributed by atoms with Crippen molar-refractivity contribution in [2.75, 3.05) is 10.6 Å². The molecule has 0 radical (unpaired) electrons. The highest BCUT2D eigenvalue weighted by atomic mass is 19.1. The molecule has 8 nitrogen and oxygen atoms in total. The molecule has 0 aliphatic heterocycles. The molecule has 0 spiro atoms. The molecule has 2 aromatic carbocycles. The number of aromatic nitrogens is 4. The van der Waals surface area contributed by atoms with Crippen LogP contribution in [-0.2, 0) is 11.2 Å². The minimum atomic E-state index is -0.369. The summed E-state index contributed by atoms with van der Waals surface area (Å²) in [6.07, 6.45) is 4.79. The first-order valence-corrected chi connectivity index (χ1v) is 11.8. The number of aryl methyl sites for hydroxylation is 1. The Kier molecular flexibility index (Phi) is 6.73. The zero-order valence-electron chi connectivity index (χ0n) is 20.5.